The number of nitrogens with zero attached hydrogens (tertiary/aromatic N) is 3. The third-order valence-electron chi connectivity index (χ3n) is 2.48. The summed E-state index contributed by atoms with van der Waals surface area (Å²) in [5, 5.41) is 9.23. The molecular formula is C14H25N5O3. The van der Waals surface area contributed by atoms with Gasteiger partial charge in [0.05, 0.1) is 6.54 Å². The fourth-order valence-corrected chi connectivity index (χ4v) is 1.51. The number of amides is 2. The van der Waals surface area contributed by atoms with Crippen LogP contribution in [-0.4, -0.2) is 59.5 Å². The predicted molar refractivity (Wildman–Crippen MR) is 83.6 cm³/mol. The normalized spacial score (nSPS) is 11.4. The Morgan fingerprint density at radius 1 is 1.36 bits per heavy atom. The highest BCUT2D eigenvalue weighted by atomic mass is 16.6. The van der Waals surface area contributed by atoms with E-state index in [1.165, 1.54) is 0 Å². The fourth-order valence-electron chi connectivity index (χ4n) is 1.51. The molecule has 0 saturated heterocycles. The van der Waals surface area contributed by atoms with E-state index in [4.69, 9.17) is 4.74 Å². The first-order valence-corrected chi connectivity index (χ1v) is 7.10. The van der Waals surface area contributed by atoms with E-state index in [1.807, 2.05) is 19.0 Å². The zero-order valence-corrected chi connectivity index (χ0v) is 13.8. The third kappa shape index (κ3) is 7.63. The van der Waals surface area contributed by atoms with E-state index in [-0.39, 0.29) is 12.5 Å². The lowest BCUT2D eigenvalue weighted by Crippen LogP contribution is -2.37. The Labute approximate surface area is 130 Å². The minimum absolute atomic E-state index is 0.167. The number of hydrogen-bond donors (Lipinski definition) is 2. The van der Waals surface area contributed by atoms with Gasteiger partial charge in [-0.2, -0.15) is 5.10 Å². The van der Waals surface area contributed by atoms with Crippen molar-refractivity contribution in [2.45, 2.75) is 32.9 Å². The molecule has 0 unspecified atom stereocenters. The number of ether oxygens (including phenoxy) is 1. The van der Waals surface area contributed by atoms with Gasteiger partial charge in [-0.15, -0.1) is 0 Å². The van der Waals surface area contributed by atoms with E-state index < -0.39 is 11.7 Å². The van der Waals surface area contributed by atoms with E-state index in [9.17, 15) is 9.59 Å². The van der Waals surface area contributed by atoms with Crippen molar-refractivity contribution in [1.29, 1.82) is 0 Å². The Morgan fingerprint density at radius 3 is 2.64 bits per heavy atom. The zero-order valence-electron chi connectivity index (χ0n) is 13.8. The largest absolute Gasteiger partial charge is 0.444 e. The van der Waals surface area contributed by atoms with Crippen molar-refractivity contribution in [3.8, 4) is 0 Å². The predicted octanol–water partition coefficient (Wildman–Crippen LogP) is 0.908. The Bertz CT molecular complexity index is 505. The third-order valence-corrected chi connectivity index (χ3v) is 2.48. The summed E-state index contributed by atoms with van der Waals surface area (Å²) in [6.45, 7) is 6.70. The van der Waals surface area contributed by atoms with Gasteiger partial charge in [0, 0.05) is 18.8 Å². The number of likely N-dealkylation sites (N-methyl/N-ethyl adjacent to an activating group) is 1. The number of nitrogens with one attached hydrogen (secondary N) is 2. The maximum Gasteiger partial charge on any atom is 0.408 e. The van der Waals surface area contributed by atoms with Crippen LogP contribution in [0.15, 0.2) is 12.3 Å². The van der Waals surface area contributed by atoms with Gasteiger partial charge in [-0.25, -0.2) is 4.79 Å². The minimum Gasteiger partial charge on any atom is -0.444 e. The molecule has 1 aromatic heterocycles. The summed E-state index contributed by atoms with van der Waals surface area (Å²) in [7, 11) is 3.96. The highest BCUT2D eigenvalue weighted by Crippen LogP contribution is 2.06. The molecule has 0 aliphatic heterocycles. The van der Waals surface area contributed by atoms with E-state index in [0.717, 1.165) is 13.1 Å². The maximum absolute atomic E-state index is 11.7. The number of alkyl carbamates (subject to hydrolysis) is 1. The Hall–Kier alpha value is -2.09. The van der Waals surface area contributed by atoms with Crippen LogP contribution in [0.5, 0.6) is 0 Å². The van der Waals surface area contributed by atoms with E-state index in [1.54, 1.807) is 37.7 Å². The maximum atomic E-state index is 11.7. The van der Waals surface area contributed by atoms with Crippen molar-refractivity contribution >= 4 is 17.8 Å². The van der Waals surface area contributed by atoms with E-state index in [2.05, 4.69) is 15.7 Å². The Morgan fingerprint density at radius 2 is 2.05 bits per heavy atom. The van der Waals surface area contributed by atoms with Crippen LogP contribution in [0.1, 0.15) is 20.8 Å². The summed E-state index contributed by atoms with van der Waals surface area (Å²) in [6, 6.07) is 1.71. The van der Waals surface area contributed by atoms with Crippen LogP contribution in [0.25, 0.3) is 0 Å². The quantitative estimate of drug-likeness (QED) is 0.815. The van der Waals surface area contributed by atoms with Gasteiger partial charge in [-0.1, -0.05) is 0 Å². The number of rotatable bonds is 6. The standard InChI is InChI=1S/C14H25N5O3/c1-14(2,3)22-13(21)15-10-12(20)16-11-6-7-19(17-11)9-8-18(4)5/h6-7H,8-10H2,1-5H3,(H,15,21)(H,16,17,20). The number of anilines is 1. The molecule has 1 rings (SSSR count). The summed E-state index contributed by atoms with van der Waals surface area (Å²) >= 11 is 0. The van der Waals surface area contributed by atoms with E-state index >= 15 is 0 Å². The highest BCUT2D eigenvalue weighted by molar-refractivity contribution is 5.92. The van der Waals surface area contributed by atoms with Gasteiger partial charge in [-0.05, 0) is 34.9 Å². The first-order chi connectivity index (χ1) is 10.2. The molecule has 0 aromatic carbocycles. The first-order valence-electron chi connectivity index (χ1n) is 7.10. The highest BCUT2D eigenvalue weighted by Gasteiger charge is 2.16. The lowest BCUT2D eigenvalue weighted by molar-refractivity contribution is -0.115. The van der Waals surface area contributed by atoms with Gasteiger partial charge in [0.2, 0.25) is 5.91 Å². The molecule has 0 radical (unpaired) electrons. The summed E-state index contributed by atoms with van der Waals surface area (Å²) in [4.78, 5) is 25.2. The molecule has 0 atom stereocenters. The summed E-state index contributed by atoms with van der Waals surface area (Å²) in [6.07, 6.45) is 1.17. The second-order valence-corrected chi connectivity index (χ2v) is 6.17. The van der Waals surface area contributed by atoms with Crippen LogP contribution in [0.3, 0.4) is 0 Å². The molecule has 0 aliphatic carbocycles. The molecule has 2 N–H and O–H groups in total. The molecule has 22 heavy (non-hydrogen) atoms. The molecule has 2 amide bonds. The molecule has 8 nitrogen and oxygen atoms in total. The van der Waals surface area contributed by atoms with Crippen LogP contribution < -0.4 is 10.6 Å². The summed E-state index contributed by atoms with van der Waals surface area (Å²) in [5.74, 6) is 0.0958. The average Bonchev–Trinajstić information content (AvgIpc) is 2.79. The van der Waals surface area contributed by atoms with Gasteiger partial charge in [0.15, 0.2) is 5.82 Å². The molecule has 0 fully saturated rings. The topological polar surface area (TPSA) is 88.5 Å². The molecule has 0 aliphatic rings. The number of carbonyl (C=O) groups excluding carboxylic acids is 2. The lowest BCUT2D eigenvalue weighted by Gasteiger charge is -2.19. The monoisotopic (exact) mass is 311 g/mol. The smallest absolute Gasteiger partial charge is 0.408 e. The first kappa shape index (κ1) is 18.0. The fraction of sp³-hybridized carbons (Fsp3) is 0.643. The van der Waals surface area contributed by atoms with Crippen LogP contribution >= 0.6 is 0 Å². The van der Waals surface area contributed by atoms with Crippen molar-refractivity contribution in [1.82, 2.24) is 20.0 Å². The molecule has 8 heteroatoms. The van der Waals surface area contributed by atoms with Gasteiger partial charge in [0.25, 0.3) is 0 Å². The Kier molecular flexibility index (Phi) is 6.36. The van der Waals surface area contributed by atoms with Crippen molar-refractivity contribution in [3.05, 3.63) is 12.3 Å². The second kappa shape index (κ2) is 7.79. The molecule has 0 bridgehead atoms. The van der Waals surface area contributed by atoms with Crippen molar-refractivity contribution in [2.75, 3.05) is 32.5 Å². The summed E-state index contributed by atoms with van der Waals surface area (Å²) in [5.41, 5.74) is -0.591. The molecule has 0 spiro atoms. The molecule has 0 saturated carbocycles. The van der Waals surface area contributed by atoms with Crippen molar-refractivity contribution < 1.29 is 14.3 Å². The molecule has 1 heterocycles. The zero-order chi connectivity index (χ0) is 16.8. The summed E-state index contributed by atoms with van der Waals surface area (Å²) < 4.78 is 6.79. The van der Waals surface area contributed by atoms with Crippen LogP contribution in [0.2, 0.25) is 0 Å². The van der Waals surface area contributed by atoms with Gasteiger partial charge in [0.1, 0.15) is 12.1 Å². The number of hydrogen-bond acceptors (Lipinski definition) is 5. The van der Waals surface area contributed by atoms with Crippen LogP contribution in [0.4, 0.5) is 10.6 Å². The van der Waals surface area contributed by atoms with Gasteiger partial charge < -0.3 is 20.3 Å². The number of carbonyl (C=O) groups is 2. The average molecular weight is 311 g/mol. The Balaban J connectivity index is 2.34. The molecule has 1 aromatic rings. The molecule has 124 valence electrons. The van der Waals surface area contributed by atoms with Crippen LogP contribution in [-0.2, 0) is 16.1 Å². The second-order valence-electron chi connectivity index (χ2n) is 6.17. The molecular weight excluding hydrogens is 286 g/mol. The van der Waals surface area contributed by atoms with Crippen LogP contribution in [0, 0.1) is 0 Å². The van der Waals surface area contributed by atoms with Crippen molar-refractivity contribution in [3.63, 3.8) is 0 Å². The van der Waals surface area contributed by atoms with Crippen molar-refractivity contribution in [2.24, 2.45) is 0 Å². The minimum atomic E-state index is -0.626. The van der Waals surface area contributed by atoms with Gasteiger partial charge >= 0.3 is 6.09 Å². The number of aromatic nitrogens is 2. The van der Waals surface area contributed by atoms with E-state index in [0.29, 0.717) is 5.82 Å². The van der Waals surface area contributed by atoms with Gasteiger partial charge in [-0.3, -0.25) is 9.48 Å². The lowest BCUT2D eigenvalue weighted by atomic mass is 10.2. The SMILES string of the molecule is CN(C)CCn1ccc(NC(=O)CNC(=O)OC(C)(C)C)n1.